The zero-order chi connectivity index (χ0) is 13.6. The summed E-state index contributed by atoms with van der Waals surface area (Å²) in [6, 6.07) is 0. The molecule has 1 atom stereocenters. The number of carboxylic acid groups (broad SMARTS) is 1. The van der Waals surface area contributed by atoms with Crippen molar-refractivity contribution in [2.24, 2.45) is 0 Å². The van der Waals surface area contributed by atoms with E-state index < -0.39 is 5.97 Å². The van der Waals surface area contributed by atoms with Crippen LogP contribution in [0.15, 0.2) is 0 Å². The van der Waals surface area contributed by atoms with E-state index in [1.165, 1.54) is 0 Å². The van der Waals surface area contributed by atoms with E-state index >= 15 is 0 Å². The van der Waals surface area contributed by atoms with Crippen molar-refractivity contribution in [2.75, 3.05) is 39.6 Å². The number of ether oxygens (including phenoxy) is 3. The van der Waals surface area contributed by atoms with Crippen LogP contribution >= 0.6 is 0 Å². The Labute approximate surface area is 108 Å². The average molecular weight is 264 g/mol. The van der Waals surface area contributed by atoms with E-state index in [9.17, 15) is 9.90 Å². The first-order valence-corrected chi connectivity index (χ1v) is 6.30. The van der Waals surface area contributed by atoms with Gasteiger partial charge in [-0.05, 0) is 19.3 Å². The maximum absolute atomic E-state index is 10.1. The lowest BCUT2D eigenvalue weighted by Crippen LogP contribution is -2.13. The molecule has 18 heavy (non-hydrogen) atoms. The van der Waals surface area contributed by atoms with Crippen LogP contribution in [0.5, 0.6) is 0 Å². The molecule has 0 aliphatic heterocycles. The van der Waals surface area contributed by atoms with Gasteiger partial charge in [0.05, 0.1) is 32.5 Å². The summed E-state index contributed by atoms with van der Waals surface area (Å²) in [7, 11) is 0. The predicted molar refractivity (Wildman–Crippen MR) is 65.6 cm³/mol. The second kappa shape index (κ2) is 12.8. The highest BCUT2D eigenvalue weighted by Crippen LogP contribution is 2.00. The zero-order valence-electron chi connectivity index (χ0n) is 11.0. The van der Waals surface area contributed by atoms with Crippen LogP contribution in [0.1, 0.15) is 26.2 Å². The van der Waals surface area contributed by atoms with Crippen LogP contribution in [-0.2, 0) is 19.0 Å². The van der Waals surface area contributed by atoms with Gasteiger partial charge in [0, 0.05) is 6.61 Å². The van der Waals surface area contributed by atoms with Crippen LogP contribution < -0.4 is 0 Å². The van der Waals surface area contributed by atoms with Crippen molar-refractivity contribution in [1.29, 1.82) is 0 Å². The van der Waals surface area contributed by atoms with E-state index in [1.807, 2.05) is 6.92 Å². The van der Waals surface area contributed by atoms with E-state index in [1.54, 1.807) is 0 Å². The van der Waals surface area contributed by atoms with Gasteiger partial charge in [0.25, 0.3) is 0 Å². The van der Waals surface area contributed by atoms with Crippen molar-refractivity contribution in [3.05, 3.63) is 0 Å². The normalized spacial score (nSPS) is 12.6. The van der Waals surface area contributed by atoms with Crippen molar-refractivity contribution in [3.8, 4) is 0 Å². The molecule has 0 aromatic rings. The van der Waals surface area contributed by atoms with Crippen molar-refractivity contribution in [3.63, 3.8) is 0 Å². The topological polar surface area (TPSA) is 85.2 Å². The second-order valence-corrected chi connectivity index (χ2v) is 3.88. The summed E-state index contributed by atoms with van der Waals surface area (Å²) < 4.78 is 15.3. The van der Waals surface area contributed by atoms with Crippen molar-refractivity contribution < 1.29 is 29.2 Å². The molecule has 0 saturated carbocycles. The SMILES string of the molecule is CCC(O)CCCOCCOCCOCC(=O)O. The summed E-state index contributed by atoms with van der Waals surface area (Å²) in [4.78, 5) is 10.1. The molecule has 0 amide bonds. The Morgan fingerprint density at radius 1 is 1.06 bits per heavy atom. The Morgan fingerprint density at radius 2 is 1.61 bits per heavy atom. The predicted octanol–water partition coefficient (Wildman–Crippen LogP) is 0.672. The van der Waals surface area contributed by atoms with Gasteiger partial charge >= 0.3 is 5.97 Å². The summed E-state index contributed by atoms with van der Waals surface area (Å²) >= 11 is 0. The third kappa shape index (κ3) is 13.4. The quantitative estimate of drug-likeness (QED) is 0.476. The summed E-state index contributed by atoms with van der Waals surface area (Å²) in [5.74, 6) is -0.979. The maximum Gasteiger partial charge on any atom is 0.329 e. The van der Waals surface area contributed by atoms with Gasteiger partial charge in [0.15, 0.2) is 0 Å². The van der Waals surface area contributed by atoms with Gasteiger partial charge in [-0.3, -0.25) is 0 Å². The Morgan fingerprint density at radius 3 is 2.17 bits per heavy atom. The molecular weight excluding hydrogens is 240 g/mol. The molecular formula is C12H24O6. The van der Waals surface area contributed by atoms with Crippen molar-refractivity contribution >= 4 is 5.97 Å². The van der Waals surface area contributed by atoms with Gasteiger partial charge in [-0.1, -0.05) is 6.92 Å². The lowest BCUT2D eigenvalue weighted by molar-refractivity contribution is -0.142. The van der Waals surface area contributed by atoms with Crippen LogP contribution in [0.3, 0.4) is 0 Å². The third-order valence-corrected chi connectivity index (χ3v) is 2.27. The van der Waals surface area contributed by atoms with Crippen LogP contribution in [0.2, 0.25) is 0 Å². The number of carboxylic acids is 1. The molecule has 0 bridgehead atoms. The fourth-order valence-electron chi connectivity index (χ4n) is 1.22. The van der Waals surface area contributed by atoms with Gasteiger partial charge in [0.2, 0.25) is 0 Å². The Bertz CT molecular complexity index is 197. The highest BCUT2D eigenvalue weighted by atomic mass is 16.5. The molecule has 1 unspecified atom stereocenters. The number of aliphatic hydroxyl groups excluding tert-OH is 1. The minimum Gasteiger partial charge on any atom is -0.480 e. The lowest BCUT2D eigenvalue weighted by Gasteiger charge is -2.08. The molecule has 0 rings (SSSR count). The average Bonchev–Trinajstić information content (AvgIpc) is 2.35. The molecule has 0 aromatic heterocycles. The first-order chi connectivity index (χ1) is 8.66. The number of aliphatic hydroxyl groups is 1. The number of hydrogen-bond donors (Lipinski definition) is 2. The number of rotatable bonds is 13. The highest BCUT2D eigenvalue weighted by Gasteiger charge is 1.99. The standard InChI is InChI=1S/C12H24O6/c1-2-11(13)4-3-5-16-6-7-17-8-9-18-10-12(14)15/h11,13H,2-10H2,1H3,(H,14,15). The van der Waals surface area contributed by atoms with Gasteiger partial charge in [-0.15, -0.1) is 0 Å². The first-order valence-electron chi connectivity index (χ1n) is 6.30. The van der Waals surface area contributed by atoms with E-state index in [0.717, 1.165) is 19.3 Å². The summed E-state index contributed by atoms with van der Waals surface area (Å²) in [6.45, 7) is 3.88. The van der Waals surface area contributed by atoms with Gasteiger partial charge in [0.1, 0.15) is 6.61 Å². The molecule has 6 heteroatoms. The van der Waals surface area contributed by atoms with Crippen LogP contribution in [-0.4, -0.2) is 61.9 Å². The minimum absolute atomic E-state index is 0.226. The molecule has 6 nitrogen and oxygen atoms in total. The van der Waals surface area contributed by atoms with E-state index in [0.29, 0.717) is 26.4 Å². The van der Waals surface area contributed by atoms with Crippen LogP contribution in [0.25, 0.3) is 0 Å². The molecule has 0 aliphatic carbocycles. The second-order valence-electron chi connectivity index (χ2n) is 3.88. The first kappa shape index (κ1) is 17.3. The molecule has 0 aromatic carbocycles. The number of carbonyl (C=O) groups is 1. The monoisotopic (exact) mass is 264 g/mol. The molecule has 108 valence electrons. The lowest BCUT2D eigenvalue weighted by atomic mass is 10.2. The Hall–Kier alpha value is -0.690. The van der Waals surface area contributed by atoms with Gasteiger partial charge in [-0.25, -0.2) is 4.79 Å². The summed E-state index contributed by atoms with van der Waals surface area (Å²) in [5.41, 5.74) is 0. The largest absolute Gasteiger partial charge is 0.480 e. The molecule has 0 saturated heterocycles. The zero-order valence-corrected chi connectivity index (χ0v) is 11.0. The fraction of sp³-hybridized carbons (Fsp3) is 0.917. The Kier molecular flexibility index (Phi) is 12.3. The molecule has 0 radical (unpaired) electrons. The molecule has 0 fully saturated rings. The third-order valence-electron chi connectivity index (χ3n) is 2.27. The molecule has 2 N–H and O–H groups in total. The molecule has 0 spiro atoms. The maximum atomic E-state index is 10.1. The van der Waals surface area contributed by atoms with E-state index in [4.69, 9.17) is 19.3 Å². The molecule has 0 aliphatic rings. The molecule has 0 heterocycles. The smallest absolute Gasteiger partial charge is 0.329 e. The summed E-state index contributed by atoms with van der Waals surface area (Å²) in [6.07, 6.45) is 2.16. The van der Waals surface area contributed by atoms with Crippen molar-refractivity contribution in [2.45, 2.75) is 32.3 Å². The number of aliphatic carboxylic acids is 1. The minimum atomic E-state index is -0.979. The Balaban J connectivity index is 3.01. The van der Waals surface area contributed by atoms with Crippen LogP contribution in [0, 0.1) is 0 Å². The van der Waals surface area contributed by atoms with E-state index in [-0.39, 0.29) is 19.3 Å². The highest BCUT2D eigenvalue weighted by molar-refractivity contribution is 5.67. The van der Waals surface area contributed by atoms with Crippen LogP contribution in [0.4, 0.5) is 0 Å². The fourth-order valence-corrected chi connectivity index (χ4v) is 1.22. The van der Waals surface area contributed by atoms with Crippen molar-refractivity contribution in [1.82, 2.24) is 0 Å². The van der Waals surface area contributed by atoms with Gasteiger partial charge in [-0.2, -0.15) is 0 Å². The van der Waals surface area contributed by atoms with Gasteiger partial charge < -0.3 is 24.4 Å². The number of hydrogen-bond acceptors (Lipinski definition) is 5. The summed E-state index contributed by atoms with van der Waals surface area (Å²) in [5, 5.41) is 17.6. The van der Waals surface area contributed by atoms with E-state index in [2.05, 4.69) is 0 Å².